The summed E-state index contributed by atoms with van der Waals surface area (Å²) in [4.78, 5) is 14.3. The lowest BCUT2D eigenvalue weighted by atomic mass is 10.0. The molecule has 0 spiro atoms. The maximum Gasteiger partial charge on any atom is 0.164 e. The third kappa shape index (κ3) is 3.39. The van der Waals surface area contributed by atoms with Gasteiger partial charge in [-0.05, 0) is 44.5 Å². The van der Waals surface area contributed by atoms with Gasteiger partial charge in [-0.25, -0.2) is 4.39 Å². The molecule has 1 aliphatic heterocycles. The van der Waals surface area contributed by atoms with Crippen molar-refractivity contribution in [3.63, 3.8) is 0 Å². The van der Waals surface area contributed by atoms with Crippen LogP contribution in [0, 0.1) is 12.7 Å². The number of piperidine rings is 1. The Labute approximate surface area is 108 Å². The average Bonchev–Trinajstić information content (AvgIpc) is 2.40. The van der Waals surface area contributed by atoms with E-state index in [0.29, 0.717) is 17.5 Å². The second kappa shape index (κ2) is 6.10. The fourth-order valence-corrected chi connectivity index (χ4v) is 2.35. The minimum Gasteiger partial charge on any atom is -0.303 e. The van der Waals surface area contributed by atoms with Crippen molar-refractivity contribution in [2.24, 2.45) is 0 Å². The van der Waals surface area contributed by atoms with Crippen LogP contribution >= 0.6 is 0 Å². The number of hydrogen-bond acceptors (Lipinski definition) is 2. The van der Waals surface area contributed by atoms with E-state index in [-0.39, 0.29) is 11.6 Å². The van der Waals surface area contributed by atoms with Crippen molar-refractivity contribution in [2.45, 2.75) is 32.6 Å². The second-order valence-electron chi connectivity index (χ2n) is 5.04. The molecule has 1 aromatic carbocycles. The molecule has 1 saturated heterocycles. The summed E-state index contributed by atoms with van der Waals surface area (Å²) in [7, 11) is 0. The molecule has 0 aliphatic carbocycles. The number of halogens is 1. The number of likely N-dealkylation sites (tertiary alicyclic amines) is 1. The summed E-state index contributed by atoms with van der Waals surface area (Å²) in [6.07, 6.45) is 4.25. The molecule has 3 heteroatoms. The smallest absolute Gasteiger partial charge is 0.164 e. The lowest BCUT2D eigenvalue weighted by Gasteiger charge is -2.25. The molecule has 2 rings (SSSR count). The first-order valence-electron chi connectivity index (χ1n) is 6.68. The van der Waals surface area contributed by atoms with Gasteiger partial charge in [-0.1, -0.05) is 18.6 Å². The van der Waals surface area contributed by atoms with Crippen LogP contribution in [0.25, 0.3) is 0 Å². The number of nitrogens with zero attached hydrogens (tertiary/aromatic N) is 1. The van der Waals surface area contributed by atoms with Crippen molar-refractivity contribution >= 4 is 5.78 Å². The first-order chi connectivity index (χ1) is 8.66. The van der Waals surface area contributed by atoms with E-state index in [2.05, 4.69) is 4.90 Å². The zero-order valence-corrected chi connectivity index (χ0v) is 10.9. The average molecular weight is 249 g/mol. The predicted octanol–water partition coefficient (Wildman–Crippen LogP) is 3.19. The van der Waals surface area contributed by atoms with Gasteiger partial charge in [-0.15, -0.1) is 0 Å². The maximum absolute atomic E-state index is 13.4. The van der Waals surface area contributed by atoms with Crippen LogP contribution in [0.1, 0.15) is 41.6 Å². The van der Waals surface area contributed by atoms with Crippen LogP contribution < -0.4 is 0 Å². The molecule has 1 aliphatic rings. The number of aryl methyl sites for hydroxylation is 1. The van der Waals surface area contributed by atoms with E-state index in [0.717, 1.165) is 19.6 Å². The van der Waals surface area contributed by atoms with Gasteiger partial charge in [0.15, 0.2) is 5.78 Å². The predicted molar refractivity (Wildman–Crippen MR) is 70.4 cm³/mol. The van der Waals surface area contributed by atoms with E-state index in [1.807, 2.05) is 0 Å². The van der Waals surface area contributed by atoms with Gasteiger partial charge in [0.2, 0.25) is 0 Å². The highest BCUT2D eigenvalue weighted by molar-refractivity contribution is 5.96. The normalized spacial score (nSPS) is 16.8. The molecule has 0 saturated carbocycles. The number of carbonyl (C=O) groups is 1. The van der Waals surface area contributed by atoms with Crippen molar-refractivity contribution in [1.29, 1.82) is 0 Å². The van der Waals surface area contributed by atoms with Gasteiger partial charge < -0.3 is 4.90 Å². The number of rotatable bonds is 4. The van der Waals surface area contributed by atoms with Crippen molar-refractivity contribution in [3.8, 4) is 0 Å². The molecule has 0 N–H and O–H groups in total. The van der Waals surface area contributed by atoms with Gasteiger partial charge in [0.05, 0.1) is 0 Å². The Bertz CT molecular complexity index is 425. The summed E-state index contributed by atoms with van der Waals surface area (Å²) in [6, 6.07) is 4.74. The Morgan fingerprint density at radius 3 is 2.67 bits per heavy atom. The summed E-state index contributed by atoms with van der Waals surface area (Å²) < 4.78 is 13.4. The van der Waals surface area contributed by atoms with Gasteiger partial charge in [0.1, 0.15) is 5.82 Å². The van der Waals surface area contributed by atoms with Gasteiger partial charge in [0.25, 0.3) is 0 Å². The van der Waals surface area contributed by atoms with Crippen LogP contribution in [0.4, 0.5) is 4.39 Å². The summed E-state index contributed by atoms with van der Waals surface area (Å²) in [5.41, 5.74) is 1.08. The Kier molecular flexibility index (Phi) is 4.48. The third-order valence-electron chi connectivity index (χ3n) is 3.60. The van der Waals surface area contributed by atoms with E-state index in [9.17, 15) is 9.18 Å². The number of ketones is 1. The highest BCUT2D eigenvalue weighted by Gasteiger charge is 2.13. The van der Waals surface area contributed by atoms with Crippen LogP contribution in [-0.4, -0.2) is 30.3 Å². The van der Waals surface area contributed by atoms with Crippen molar-refractivity contribution < 1.29 is 9.18 Å². The Morgan fingerprint density at radius 2 is 2.00 bits per heavy atom. The molecule has 1 fully saturated rings. The van der Waals surface area contributed by atoms with Crippen LogP contribution in [-0.2, 0) is 0 Å². The molecular weight excluding hydrogens is 229 g/mol. The number of Topliss-reactive ketones (excluding diaryl/α,β-unsaturated/α-hetero) is 1. The fourth-order valence-electron chi connectivity index (χ4n) is 2.35. The van der Waals surface area contributed by atoms with Gasteiger partial charge >= 0.3 is 0 Å². The van der Waals surface area contributed by atoms with E-state index in [1.54, 1.807) is 19.1 Å². The molecule has 18 heavy (non-hydrogen) atoms. The van der Waals surface area contributed by atoms with E-state index in [1.165, 1.54) is 25.3 Å². The zero-order valence-electron chi connectivity index (χ0n) is 10.9. The number of hydrogen-bond donors (Lipinski definition) is 0. The summed E-state index contributed by atoms with van der Waals surface area (Å²) in [5.74, 6) is -0.252. The molecule has 0 amide bonds. The largest absolute Gasteiger partial charge is 0.303 e. The molecule has 0 radical (unpaired) electrons. The molecule has 0 aromatic heterocycles. The van der Waals surface area contributed by atoms with Crippen LogP contribution in [0.15, 0.2) is 18.2 Å². The summed E-state index contributed by atoms with van der Waals surface area (Å²) in [5, 5.41) is 0. The van der Waals surface area contributed by atoms with Crippen molar-refractivity contribution in [2.75, 3.05) is 19.6 Å². The zero-order chi connectivity index (χ0) is 13.0. The minimum absolute atomic E-state index is 0.0412. The van der Waals surface area contributed by atoms with Crippen molar-refractivity contribution in [1.82, 2.24) is 4.90 Å². The van der Waals surface area contributed by atoms with Gasteiger partial charge in [0, 0.05) is 18.5 Å². The second-order valence-corrected chi connectivity index (χ2v) is 5.04. The number of benzene rings is 1. The highest BCUT2D eigenvalue weighted by atomic mass is 19.1. The number of carbonyl (C=O) groups excluding carboxylic acids is 1. The SMILES string of the molecule is Cc1ccc(C(=O)CCN2CCCCC2)cc1F. The summed E-state index contributed by atoms with van der Waals surface area (Å²) in [6.45, 7) is 4.69. The topological polar surface area (TPSA) is 20.3 Å². The Balaban J connectivity index is 1.88. The third-order valence-corrected chi connectivity index (χ3v) is 3.60. The quantitative estimate of drug-likeness (QED) is 0.764. The lowest BCUT2D eigenvalue weighted by molar-refractivity contribution is 0.0958. The first kappa shape index (κ1) is 13.2. The highest BCUT2D eigenvalue weighted by Crippen LogP contribution is 2.13. The first-order valence-corrected chi connectivity index (χ1v) is 6.68. The monoisotopic (exact) mass is 249 g/mol. The van der Waals surface area contributed by atoms with E-state index >= 15 is 0 Å². The van der Waals surface area contributed by atoms with Crippen LogP contribution in [0.3, 0.4) is 0 Å². The van der Waals surface area contributed by atoms with Gasteiger partial charge in [-0.3, -0.25) is 4.79 Å². The Morgan fingerprint density at radius 1 is 1.28 bits per heavy atom. The summed E-state index contributed by atoms with van der Waals surface area (Å²) >= 11 is 0. The standard InChI is InChI=1S/C15H20FNO/c1-12-5-6-13(11-14(12)16)15(18)7-10-17-8-3-2-4-9-17/h5-6,11H,2-4,7-10H2,1H3. The molecule has 1 heterocycles. The molecule has 1 aromatic rings. The fraction of sp³-hybridized carbons (Fsp3) is 0.533. The molecule has 98 valence electrons. The maximum atomic E-state index is 13.4. The van der Waals surface area contributed by atoms with Crippen LogP contribution in [0.5, 0.6) is 0 Å². The van der Waals surface area contributed by atoms with Crippen molar-refractivity contribution in [3.05, 3.63) is 35.1 Å². The van der Waals surface area contributed by atoms with Crippen LogP contribution in [0.2, 0.25) is 0 Å². The van der Waals surface area contributed by atoms with E-state index < -0.39 is 0 Å². The molecule has 2 nitrogen and oxygen atoms in total. The molecule has 0 atom stereocenters. The minimum atomic E-state index is -0.293. The lowest BCUT2D eigenvalue weighted by Crippen LogP contribution is -2.31. The molecular formula is C15H20FNO. The van der Waals surface area contributed by atoms with Gasteiger partial charge in [-0.2, -0.15) is 0 Å². The Hall–Kier alpha value is -1.22. The van der Waals surface area contributed by atoms with E-state index in [4.69, 9.17) is 0 Å². The molecule has 0 bridgehead atoms. The molecule has 0 unspecified atom stereocenters.